The maximum absolute atomic E-state index is 11.7. The summed E-state index contributed by atoms with van der Waals surface area (Å²) in [6.45, 7) is 2.10. The highest BCUT2D eigenvalue weighted by Gasteiger charge is 2.18. The summed E-state index contributed by atoms with van der Waals surface area (Å²) in [4.78, 5) is 18.0. The zero-order valence-electron chi connectivity index (χ0n) is 11.4. The van der Waals surface area contributed by atoms with Crippen LogP contribution in [0.25, 0.3) is 10.6 Å². The van der Waals surface area contributed by atoms with Crippen LogP contribution >= 0.6 is 22.9 Å². The topological polar surface area (TPSA) is 42.4 Å². The third kappa shape index (κ3) is 3.43. The second kappa shape index (κ2) is 6.56. The number of morpholine rings is 1. The summed E-state index contributed by atoms with van der Waals surface area (Å²) in [5.41, 5.74) is 3.09. The molecule has 0 unspecified atom stereocenters. The molecule has 0 saturated carbocycles. The Balaban J connectivity index is 1.70. The van der Waals surface area contributed by atoms with E-state index in [2.05, 4.69) is 4.98 Å². The van der Waals surface area contributed by atoms with Gasteiger partial charge >= 0.3 is 0 Å². The largest absolute Gasteiger partial charge is 0.370 e. The lowest BCUT2D eigenvalue weighted by Crippen LogP contribution is -2.40. The van der Waals surface area contributed by atoms with E-state index in [1.807, 2.05) is 34.5 Å². The highest BCUT2D eigenvalue weighted by Crippen LogP contribution is 2.25. The molecule has 21 heavy (non-hydrogen) atoms. The molecule has 1 aromatic heterocycles. The molecule has 6 heteroatoms. The number of thiazole rings is 1. The first-order chi connectivity index (χ1) is 10.3. The van der Waals surface area contributed by atoms with Gasteiger partial charge in [-0.05, 0) is 5.56 Å². The van der Waals surface area contributed by atoms with Crippen molar-refractivity contribution >= 4 is 28.8 Å². The monoisotopic (exact) mass is 322 g/mol. The van der Waals surface area contributed by atoms with E-state index in [1.165, 1.54) is 0 Å². The van der Waals surface area contributed by atoms with Gasteiger partial charge in [0.05, 0.1) is 18.2 Å². The molecule has 2 heterocycles. The van der Waals surface area contributed by atoms with Crippen LogP contribution in [0.3, 0.4) is 0 Å². The minimum Gasteiger partial charge on any atom is -0.370 e. The number of benzene rings is 1. The lowest BCUT2D eigenvalue weighted by molar-refractivity contribution is -0.143. The van der Waals surface area contributed by atoms with E-state index >= 15 is 0 Å². The number of halogens is 1. The third-order valence-corrected chi connectivity index (χ3v) is 4.56. The van der Waals surface area contributed by atoms with Gasteiger partial charge in [0.25, 0.3) is 0 Å². The average molecular weight is 323 g/mol. The molecule has 1 aliphatic rings. The van der Waals surface area contributed by atoms with E-state index in [9.17, 15) is 4.79 Å². The van der Waals surface area contributed by atoms with Crippen molar-refractivity contribution in [1.82, 2.24) is 9.88 Å². The molecule has 0 bridgehead atoms. The van der Waals surface area contributed by atoms with Crippen molar-refractivity contribution in [3.63, 3.8) is 0 Å². The lowest BCUT2D eigenvalue weighted by Gasteiger charge is -2.26. The van der Waals surface area contributed by atoms with Crippen LogP contribution in [0.1, 0.15) is 11.3 Å². The molecule has 3 rings (SSSR count). The number of nitrogens with zero attached hydrogens (tertiary/aromatic N) is 2. The van der Waals surface area contributed by atoms with Gasteiger partial charge in [-0.2, -0.15) is 0 Å². The van der Waals surface area contributed by atoms with Crippen molar-refractivity contribution in [2.24, 2.45) is 0 Å². The summed E-state index contributed by atoms with van der Waals surface area (Å²) in [5.74, 6) is 0.491. The maximum atomic E-state index is 11.7. The summed E-state index contributed by atoms with van der Waals surface area (Å²) in [6.07, 6.45) is 0. The van der Waals surface area contributed by atoms with Crippen molar-refractivity contribution in [3.8, 4) is 10.6 Å². The maximum Gasteiger partial charge on any atom is 0.248 e. The Morgan fingerprint density at radius 1 is 1.33 bits per heavy atom. The molecular weight excluding hydrogens is 308 g/mol. The highest BCUT2D eigenvalue weighted by molar-refractivity contribution is 7.13. The van der Waals surface area contributed by atoms with Crippen molar-refractivity contribution in [2.45, 2.75) is 12.4 Å². The molecule has 0 N–H and O–H groups in total. The van der Waals surface area contributed by atoms with Gasteiger partial charge in [0.2, 0.25) is 5.91 Å². The number of hydrogen-bond donors (Lipinski definition) is 0. The quantitative estimate of drug-likeness (QED) is 0.813. The van der Waals surface area contributed by atoms with Crippen LogP contribution in [0.5, 0.6) is 0 Å². The van der Waals surface area contributed by atoms with Crippen molar-refractivity contribution < 1.29 is 9.53 Å². The van der Waals surface area contributed by atoms with Crippen LogP contribution in [0.2, 0.25) is 0 Å². The fraction of sp³-hybridized carbons (Fsp3) is 0.333. The Hall–Kier alpha value is -1.43. The summed E-state index contributed by atoms with van der Waals surface area (Å²) >= 11 is 7.36. The van der Waals surface area contributed by atoms with E-state index in [-0.39, 0.29) is 12.5 Å². The van der Waals surface area contributed by atoms with Crippen LogP contribution in [-0.2, 0) is 22.0 Å². The summed E-state index contributed by atoms with van der Waals surface area (Å²) in [7, 11) is 0. The Labute approximate surface area is 132 Å². The molecule has 0 radical (unpaired) electrons. The highest BCUT2D eigenvalue weighted by atomic mass is 35.5. The first kappa shape index (κ1) is 14.5. The Kier molecular flexibility index (Phi) is 4.53. The summed E-state index contributed by atoms with van der Waals surface area (Å²) < 4.78 is 5.13. The van der Waals surface area contributed by atoms with Gasteiger partial charge in [0, 0.05) is 24.0 Å². The van der Waals surface area contributed by atoms with Gasteiger partial charge in [-0.15, -0.1) is 22.9 Å². The van der Waals surface area contributed by atoms with E-state index in [0.717, 1.165) is 21.8 Å². The molecule has 4 nitrogen and oxygen atoms in total. The van der Waals surface area contributed by atoms with E-state index < -0.39 is 0 Å². The van der Waals surface area contributed by atoms with Crippen molar-refractivity contribution in [2.75, 3.05) is 19.8 Å². The predicted octanol–water partition coefficient (Wildman–Crippen LogP) is 2.91. The molecule has 1 amide bonds. The lowest BCUT2D eigenvalue weighted by atomic mass is 10.1. The fourth-order valence-corrected chi connectivity index (χ4v) is 3.25. The third-order valence-electron chi connectivity index (χ3n) is 3.35. The Bertz CT molecular complexity index is 627. The van der Waals surface area contributed by atoms with Gasteiger partial charge < -0.3 is 9.64 Å². The molecule has 1 aliphatic heterocycles. The van der Waals surface area contributed by atoms with E-state index in [0.29, 0.717) is 25.6 Å². The number of alkyl halides is 1. The Morgan fingerprint density at radius 2 is 2.14 bits per heavy atom. The van der Waals surface area contributed by atoms with Gasteiger partial charge in [-0.1, -0.05) is 24.3 Å². The molecule has 0 aliphatic carbocycles. The Morgan fingerprint density at radius 3 is 2.81 bits per heavy atom. The molecule has 1 aromatic carbocycles. The zero-order valence-corrected chi connectivity index (χ0v) is 13.0. The van der Waals surface area contributed by atoms with Gasteiger partial charge in [-0.3, -0.25) is 4.79 Å². The van der Waals surface area contributed by atoms with Gasteiger partial charge in [-0.25, -0.2) is 4.98 Å². The first-order valence-corrected chi connectivity index (χ1v) is 8.13. The van der Waals surface area contributed by atoms with Crippen molar-refractivity contribution in [1.29, 1.82) is 0 Å². The van der Waals surface area contributed by atoms with Gasteiger partial charge in [0.15, 0.2) is 0 Å². The molecule has 0 spiro atoms. The smallest absolute Gasteiger partial charge is 0.248 e. The summed E-state index contributed by atoms with van der Waals surface area (Å²) in [6, 6.07) is 8.16. The zero-order chi connectivity index (χ0) is 14.7. The van der Waals surface area contributed by atoms with Gasteiger partial charge in [0.1, 0.15) is 11.6 Å². The predicted molar refractivity (Wildman–Crippen MR) is 83.3 cm³/mol. The standard InChI is InChI=1S/C15H15ClN2O2S/c16-7-13-10-21-15(17-13)12-3-1-11(2-4-12)8-18-5-6-20-9-14(18)19/h1-4,10H,5-9H2. The number of carbonyl (C=O) groups is 1. The molecular formula is C15H15ClN2O2S. The summed E-state index contributed by atoms with van der Waals surface area (Å²) in [5, 5.41) is 2.95. The number of ether oxygens (including phenoxy) is 1. The van der Waals surface area contributed by atoms with E-state index in [4.69, 9.17) is 16.3 Å². The number of aromatic nitrogens is 1. The number of hydrogen-bond acceptors (Lipinski definition) is 4. The van der Waals surface area contributed by atoms with Crippen LogP contribution in [-0.4, -0.2) is 35.5 Å². The van der Waals surface area contributed by atoms with Crippen LogP contribution in [0, 0.1) is 0 Å². The minimum atomic E-state index is 0.0528. The van der Waals surface area contributed by atoms with Crippen LogP contribution < -0.4 is 0 Å². The number of amides is 1. The minimum absolute atomic E-state index is 0.0528. The second-order valence-corrected chi connectivity index (χ2v) is 5.97. The normalized spacial score (nSPS) is 15.5. The molecule has 0 atom stereocenters. The fourth-order valence-electron chi connectivity index (χ4n) is 2.19. The molecule has 1 saturated heterocycles. The van der Waals surface area contributed by atoms with Crippen LogP contribution in [0.15, 0.2) is 29.6 Å². The molecule has 2 aromatic rings. The number of rotatable bonds is 4. The average Bonchev–Trinajstić information content (AvgIpc) is 2.99. The second-order valence-electron chi connectivity index (χ2n) is 4.84. The van der Waals surface area contributed by atoms with Crippen molar-refractivity contribution in [3.05, 3.63) is 40.9 Å². The SMILES string of the molecule is O=C1COCCN1Cc1ccc(-c2nc(CCl)cs2)cc1. The number of carbonyl (C=O) groups excluding carboxylic acids is 1. The van der Waals surface area contributed by atoms with Crippen LogP contribution in [0.4, 0.5) is 0 Å². The molecule has 110 valence electrons. The molecule has 1 fully saturated rings. The first-order valence-electron chi connectivity index (χ1n) is 6.71. The van der Waals surface area contributed by atoms with E-state index in [1.54, 1.807) is 11.3 Å².